The smallest absolute Gasteiger partial charge is 0.405 e. The summed E-state index contributed by atoms with van der Waals surface area (Å²) < 4.78 is 4.88. The molecular formula is C23H22N8O9S3. The van der Waals surface area contributed by atoms with E-state index < -0.39 is 59.8 Å². The van der Waals surface area contributed by atoms with Crippen molar-refractivity contribution in [3.8, 4) is 5.88 Å². The van der Waals surface area contributed by atoms with Crippen LogP contribution < -0.4 is 31.0 Å². The molecule has 226 valence electrons. The van der Waals surface area contributed by atoms with E-state index in [4.69, 9.17) is 4.74 Å². The second kappa shape index (κ2) is 12.4. The molecule has 20 heteroatoms. The number of hydrazine groups is 1. The van der Waals surface area contributed by atoms with Gasteiger partial charge in [-0.2, -0.15) is 0 Å². The van der Waals surface area contributed by atoms with Gasteiger partial charge in [0.15, 0.2) is 5.03 Å². The minimum absolute atomic E-state index is 0.00209. The molecule has 2 unspecified atom stereocenters. The molecule has 0 aromatic carbocycles. The van der Waals surface area contributed by atoms with Crippen LogP contribution in [0.3, 0.4) is 0 Å². The fourth-order valence-electron chi connectivity index (χ4n) is 4.33. The van der Waals surface area contributed by atoms with E-state index in [1.807, 2.05) is 5.32 Å². The molecule has 43 heavy (non-hydrogen) atoms. The molecule has 17 nitrogen and oxygen atoms in total. The van der Waals surface area contributed by atoms with E-state index >= 15 is 0 Å². The number of rotatable bonds is 10. The third-order valence-corrected chi connectivity index (χ3v) is 9.58. The first kappa shape index (κ1) is 29.9. The standard InChI is InChI=1S/C23H22N8O9S3/c1-40-14-5-4-13(27-31(14)39)42-8-10-9-43-20-16(19(34)30(20)17(10)21(35)36)25-18(33)15(11-3-2-6-41-11)26-22(37)28-29-7-12(32)24-23(29)38/h2-6,15-16,20H,7-9H2,1H3,(H,25,33)(H,35,36)(H,24,32,38)(H2,26,28,37)/t15?,16-,20?/m0/s1. The molecule has 0 aliphatic carbocycles. The number of ether oxygens (including phenoxy) is 1. The Hall–Kier alpha value is -4.56. The summed E-state index contributed by atoms with van der Waals surface area (Å²) in [6, 6.07) is 2.11. The highest BCUT2D eigenvalue weighted by Gasteiger charge is 2.54. The third kappa shape index (κ3) is 6.15. The molecule has 0 saturated carbocycles. The number of carbonyl (C=O) groups is 6. The molecule has 2 fully saturated rings. The van der Waals surface area contributed by atoms with Crippen molar-refractivity contribution in [2.75, 3.05) is 25.2 Å². The van der Waals surface area contributed by atoms with Gasteiger partial charge in [0, 0.05) is 21.5 Å². The number of thiophene rings is 1. The minimum atomic E-state index is -1.32. The number of fused-ring (bicyclic) bond motifs is 1. The van der Waals surface area contributed by atoms with Crippen LogP contribution in [-0.4, -0.2) is 92.4 Å². The number of hydrogen-bond donors (Lipinski definition) is 5. The number of hydrogen-bond acceptors (Lipinski definition) is 12. The Balaban J connectivity index is 1.25. The van der Waals surface area contributed by atoms with Gasteiger partial charge in [-0.05, 0) is 27.9 Å². The summed E-state index contributed by atoms with van der Waals surface area (Å²) in [5.41, 5.74) is 2.42. The average molecular weight is 651 g/mol. The summed E-state index contributed by atoms with van der Waals surface area (Å²) in [5.74, 6) is -2.95. The van der Waals surface area contributed by atoms with E-state index in [1.54, 1.807) is 23.6 Å². The van der Waals surface area contributed by atoms with Gasteiger partial charge in [-0.3, -0.25) is 24.6 Å². The normalized spacial score (nSPS) is 20.2. The lowest BCUT2D eigenvalue weighted by atomic mass is 10.0. The molecule has 2 aromatic rings. The van der Waals surface area contributed by atoms with Gasteiger partial charge in [0.1, 0.15) is 29.7 Å². The topological polar surface area (TPSA) is 226 Å². The Kier molecular flexibility index (Phi) is 8.59. The predicted molar refractivity (Wildman–Crippen MR) is 149 cm³/mol. The van der Waals surface area contributed by atoms with Crippen LogP contribution in [-0.2, 0) is 19.2 Å². The Morgan fingerprint density at radius 1 is 1.30 bits per heavy atom. The summed E-state index contributed by atoms with van der Waals surface area (Å²) in [5, 5.41) is 34.7. The Morgan fingerprint density at radius 2 is 2.09 bits per heavy atom. The van der Waals surface area contributed by atoms with E-state index in [9.17, 15) is 39.1 Å². The maximum Gasteiger partial charge on any atom is 0.405 e. The van der Waals surface area contributed by atoms with Gasteiger partial charge in [0.05, 0.1) is 13.2 Å². The monoisotopic (exact) mass is 650 g/mol. The van der Waals surface area contributed by atoms with E-state index in [0.717, 1.165) is 33.0 Å². The number of amides is 7. The molecule has 3 aliphatic rings. The number of carboxylic acids is 1. The van der Waals surface area contributed by atoms with Crippen molar-refractivity contribution in [3.63, 3.8) is 0 Å². The zero-order valence-electron chi connectivity index (χ0n) is 22.0. The molecule has 0 spiro atoms. The fourth-order valence-corrected chi connectivity index (χ4v) is 7.44. The number of methoxy groups -OCH3 is 1. The van der Waals surface area contributed by atoms with Crippen molar-refractivity contribution in [2.45, 2.75) is 22.5 Å². The number of thioether (sulfide) groups is 2. The third-order valence-electron chi connectivity index (χ3n) is 6.29. The molecule has 7 amide bonds. The summed E-state index contributed by atoms with van der Waals surface area (Å²) in [6.45, 7) is -0.400. The molecule has 3 atom stereocenters. The summed E-state index contributed by atoms with van der Waals surface area (Å²) >= 11 is 3.53. The first-order chi connectivity index (χ1) is 20.6. The van der Waals surface area contributed by atoms with E-state index in [0.29, 0.717) is 20.3 Å². The maximum atomic E-state index is 13.3. The number of aromatic nitrogens is 2. The van der Waals surface area contributed by atoms with E-state index in [1.165, 1.54) is 24.9 Å². The Morgan fingerprint density at radius 3 is 2.72 bits per heavy atom. The van der Waals surface area contributed by atoms with Crippen LogP contribution in [0.1, 0.15) is 10.9 Å². The number of imide groups is 1. The summed E-state index contributed by atoms with van der Waals surface area (Å²) in [7, 11) is 1.33. The van der Waals surface area contributed by atoms with Gasteiger partial charge in [-0.15, -0.1) is 23.1 Å². The summed E-state index contributed by atoms with van der Waals surface area (Å²) in [4.78, 5) is 76.2. The van der Waals surface area contributed by atoms with Crippen LogP contribution in [0.5, 0.6) is 5.88 Å². The molecule has 3 aliphatic heterocycles. The zero-order chi connectivity index (χ0) is 30.8. The van der Waals surface area contributed by atoms with Crippen LogP contribution in [0, 0.1) is 5.21 Å². The van der Waals surface area contributed by atoms with Crippen molar-refractivity contribution in [3.05, 3.63) is 51.0 Å². The quantitative estimate of drug-likeness (QED) is 0.0695. The average Bonchev–Trinajstić information content (AvgIpc) is 3.61. The molecule has 0 radical (unpaired) electrons. The molecule has 5 N–H and O–H groups in total. The number of nitrogens with zero attached hydrogens (tertiary/aromatic N) is 4. The lowest BCUT2D eigenvalue weighted by molar-refractivity contribution is -0.678. The predicted octanol–water partition coefficient (Wildman–Crippen LogP) is -0.877. The molecular weight excluding hydrogens is 629 g/mol. The van der Waals surface area contributed by atoms with Gasteiger partial charge >= 0.3 is 23.9 Å². The van der Waals surface area contributed by atoms with Crippen LogP contribution in [0.25, 0.3) is 0 Å². The number of aliphatic carboxylic acids is 1. The second-order valence-electron chi connectivity index (χ2n) is 9.00. The molecule has 2 saturated heterocycles. The van der Waals surface area contributed by atoms with Crippen molar-refractivity contribution in [1.29, 1.82) is 0 Å². The van der Waals surface area contributed by atoms with Crippen LogP contribution >= 0.6 is 34.9 Å². The number of carboxylic acid groups (broad SMARTS) is 1. The molecule has 0 bridgehead atoms. The van der Waals surface area contributed by atoms with Gasteiger partial charge < -0.3 is 25.7 Å². The van der Waals surface area contributed by atoms with Crippen LogP contribution in [0.2, 0.25) is 0 Å². The molecule has 2 aromatic heterocycles. The maximum absolute atomic E-state index is 13.3. The SMILES string of the molecule is COc1ccc(SCC2=C(C(=O)O)N3C(=O)[C@H](NC(=O)C(NC(=O)NN4CC(=O)NC4=O)c4cccs4)C3SC2)n[n+]1[O-]. The van der Waals surface area contributed by atoms with Gasteiger partial charge in [-0.25, -0.2) is 24.8 Å². The largest absolute Gasteiger partial charge is 0.591 e. The number of β-lactam (4-membered cyclic amide) rings is 1. The van der Waals surface area contributed by atoms with Crippen molar-refractivity contribution < 1.29 is 43.5 Å². The summed E-state index contributed by atoms with van der Waals surface area (Å²) in [6.07, 6.45) is 0. The van der Waals surface area contributed by atoms with E-state index in [-0.39, 0.29) is 23.1 Å². The van der Waals surface area contributed by atoms with E-state index in [2.05, 4.69) is 21.2 Å². The van der Waals surface area contributed by atoms with Gasteiger partial charge in [0.25, 0.3) is 5.91 Å². The van der Waals surface area contributed by atoms with Gasteiger partial charge in [0.2, 0.25) is 11.8 Å². The van der Waals surface area contributed by atoms with Crippen LogP contribution in [0.4, 0.5) is 9.59 Å². The number of urea groups is 2. The second-order valence-corrected chi connectivity index (χ2v) is 12.1. The fraction of sp³-hybridized carbons (Fsp3) is 0.304. The van der Waals surface area contributed by atoms with Crippen molar-refractivity contribution in [2.24, 2.45) is 0 Å². The first-order valence-electron chi connectivity index (χ1n) is 12.3. The molecule has 5 rings (SSSR count). The van der Waals surface area contributed by atoms with Gasteiger partial charge in [-0.1, -0.05) is 17.8 Å². The Bertz CT molecular complexity index is 1540. The number of carbonyl (C=O) groups excluding carboxylic acids is 5. The first-order valence-corrected chi connectivity index (χ1v) is 15.2. The zero-order valence-corrected chi connectivity index (χ0v) is 24.4. The lowest BCUT2D eigenvalue weighted by Crippen LogP contribution is -2.71. The Labute approximate surface area is 254 Å². The van der Waals surface area contributed by atoms with Crippen LogP contribution in [0.15, 0.2) is 45.9 Å². The highest BCUT2D eigenvalue weighted by atomic mass is 32.2. The number of nitrogens with one attached hydrogen (secondary N) is 4. The van der Waals surface area contributed by atoms with Crippen molar-refractivity contribution >= 4 is 70.6 Å². The lowest BCUT2D eigenvalue weighted by Gasteiger charge is -2.49. The van der Waals surface area contributed by atoms with Crippen molar-refractivity contribution in [1.82, 2.24) is 36.4 Å². The highest BCUT2D eigenvalue weighted by molar-refractivity contribution is 8.01. The minimum Gasteiger partial charge on any atom is -0.591 e. The highest BCUT2D eigenvalue weighted by Crippen LogP contribution is 2.41. The molecule has 5 heterocycles.